The number of hydrogen-bond acceptors (Lipinski definition) is 4. The van der Waals surface area contributed by atoms with E-state index in [1.807, 2.05) is 4.90 Å². The Balaban J connectivity index is 1.47. The van der Waals surface area contributed by atoms with Gasteiger partial charge < -0.3 is 14.6 Å². The van der Waals surface area contributed by atoms with Crippen LogP contribution in [-0.4, -0.2) is 54.3 Å². The summed E-state index contributed by atoms with van der Waals surface area (Å²) < 4.78 is 18.0. The van der Waals surface area contributed by atoms with Gasteiger partial charge in [-0.1, -0.05) is 0 Å². The summed E-state index contributed by atoms with van der Waals surface area (Å²) in [4.78, 5) is 28.3. The van der Waals surface area contributed by atoms with Gasteiger partial charge in [-0.2, -0.15) is 0 Å². The number of nitrogens with one attached hydrogen (secondary N) is 1. The molecule has 2 aromatic rings. The van der Waals surface area contributed by atoms with Crippen LogP contribution in [0.15, 0.2) is 41.0 Å². The minimum absolute atomic E-state index is 0.0401. The molecule has 0 atom stereocenters. The lowest BCUT2D eigenvalue weighted by molar-refractivity contribution is -0.117. The molecule has 1 aliphatic heterocycles. The molecule has 0 spiro atoms. The van der Waals surface area contributed by atoms with Crippen LogP contribution in [0.1, 0.15) is 16.1 Å². The number of aryl methyl sites for hydroxylation is 1. The van der Waals surface area contributed by atoms with Crippen molar-refractivity contribution in [2.45, 2.75) is 6.92 Å². The predicted octanol–water partition coefficient (Wildman–Crippen LogP) is 2.12. The van der Waals surface area contributed by atoms with Crippen molar-refractivity contribution in [3.63, 3.8) is 0 Å². The molecule has 25 heavy (non-hydrogen) atoms. The maximum atomic E-state index is 12.9. The van der Waals surface area contributed by atoms with Gasteiger partial charge >= 0.3 is 0 Å². The van der Waals surface area contributed by atoms with E-state index in [-0.39, 0.29) is 24.2 Å². The van der Waals surface area contributed by atoms with Crippen LogP contribution in [0.2, 0.25) is 0 Å². The molecule has 1 N–H and O–H groups in total. The summed E-state index contributed by atoms with van der Waals surface area (Å²) >= 11 is 0. The Hall–Kier alpha value is -2.67. The van der Waals surface area contributed by atoms with Gasteiger partial charge in [-0.25, -0.2) is 4.39 Å². The summed E-state index contributed by atoms with van der Waals surface area (Å²) in [5.74, 6) is 0.0801. The Bertz CT molecular complexity index is 749. The lowest BCUT2D eigenvalue weighted by Crippen LogP contribution is -2.50. The summed E-state index contributed by atoms with van der Waals surface area (Å²) in [5, 5.41) is 2.74. The third-order valence-corrected chi connectivity index (χ3v) is 4.24. The van der Waals surface area contributed by atoms with E-state index in [4.69, 9.17) is 4.42 Å². The lowest BCUT2D eigenvalue weighted by Gasteiger charge is -2.34. The minimum atomic E-state index is -0.341. The number of carbonyl (C=O) groups is 2. The number of hydrogen-bond donors (Lipinski definition) is 1. The Morgan fingerprint density at radius 2 is 1.80 bits per heavy atom. The quantitative estimate of drug-likeness (QED) is 0.922. The average molecular weight is 345 g/mol. The van der Waals surface area contributed by atoms with Gasteiger partial charge in [-0.05, 0) is 37.3 Å². The van der Waals surface area contributed by atoms with Crippen molar-refractivity contribution < 1.29 is 18.4 Å². The molecule has 7 heteroatoms. The first kappa shape index (κ1) is 17.2. The maximum Gasteiger partial charge on any atom is 0.257 e. The monoisotopic (exact) mass is 345 g/mol. The second-order valence-electron chi connectivity index (χ2n) is 6.01. The molecule has 1 aliphatic rings. The van der Waals surface area contributed by atoms with E-state index < -0.39 is 0 Å². The minimum Gasteiger partial charge on any atom is -0.469 e. The van der Waals surface area contributed by atoms with Gasteiger partial charge in [-0.15, -0.1) is 0 Å². The van der Waals surface area contributed by atoms with Crippen LogP contribution in [0.5, 0.6) is 0 Å². The largest absolute Gasteiger partial charge is 0.469 e. The van der Waals surface area contributed by atoms with Gasteiger partial charge in [0.2, 0.25) is 5.91 Å². The first-order valence-corrected chi connectivity index (χ1v) is 8.14. The number of halogens is 1. The molecule has 0 unspecified atom stereocenters. The summed E-state index contributed by atoms with van der Waals surface area (Å²) in [6, 6.07) is 7.34. The first-order chi connectivity index (χ1) is 12.0. The molecule has 0 bridgehead atoms. The third-order valence-electron chi connectivity index (χ3n) is 4.24. The van der Waals surface area contributed by atoms with Gasteiger partial charge in [-0.3, -0.25) is 14.5 Å². The van der Waals surface area contributed by atoms with E-state index in [1.54, 1.807) is 17.9 Å². The van der Waals surface area contributed by atoms with Gasteiger partial charge in [0.25, 0.3) is 5.91 Å². The van der Waals surface area contributed by atoms with Crippen LogP contribution in [0.3, 0.4) is 0 Å². The molecule has 1 aromatic carbocycles. The highest BCUT2D eigenvalue weighted by molar-refractivity contribution is 5.95. The van der Waals surface area contributed by atoms with Crippen LogP contribution in [0.4, 0.5) is 10.1 Å². The molecule has 0 radical (unpaired) electrons. The van der Waals surface area contributed by atoms with E-state index in [0.29, 0.717) is 43.2 Å². The molecular formula is C18H20FN3O3. The normalized spacial score (nSPS) is 15.2. The lowest BCUT2D eigenvalue weighted by atomic mass is 10.2. The van der Waals surface area contributed by atoms with E-state index in [9.17, 15) is 14.0 Å². The third kappa shape index (κ3) is 4.24. The van der Waals surface area contributed by atoms with E-state index in [2.05, 4.69) is 5.32 Å². The van der Waals surface area contributed by atoms with Gasteiger partial charge in [0.1, 0.15) is 11.6 Å². The number of anilines is 1. The Morgan fingerprint density at radius 3 is 2.40 bits per heavy atom. The number of amides is 2. The van der Waals surface area contributed by atoms with Gasteiger partial charge in [0, 0.05) is 31.9 Å². The van der Waals surface area contributed by atoms with Gasteiger partial charge in [0.05, 0.1) is 18.4 Å². The summed E-state index contributed by atoms with van der Waals surface area (Å²) in [7, 11) is 0. The fourth-order valence-electron chi connectivity index (χ4n) is 2.82. The summed E-state index contributed by atoms with van der Waals surface area (Å²) in [5.41, 5.74) is 1.15. The second kappa shape index (κ2) is 7.48. The number of furan rings is 1. The highest BCUT2D eigenvalue weighted by atomic mass is 19.1. The summed E-state index contributed by atoms with van der Waals surface area (Å²) in [6.07, 6.45) is 1.51. The van der Waals surface area contributed by atoms with Crippen LogP contribution in [0.25, 0.3) is 0 Å². The zero-order chi connectivity index (χ0) is 17.8. The van der Waals surface area contributed by atoms with Crippen molar-refractivity contribution in [3.05, 3.63) is 53.7 Å². The molecule has 1 fully saturated rings. The van der Waals surface area contributed by atoms with E-state index in [1.165, 1.54) is 30.5 Å². The van der Waals surface area contributed by atoms with Crippen molar-refractivity contribution in [2.24, 2.45) is 0 Å². The number of nitrogens with zero attached hydrogens (tertiary/aromatic N) is 2. The smallest absolute Gasteiger partial charge is 0.257 e. The van der Waals surface area contributed by atoms with E-state index >= 15 is 0 Å². The van der Waals surface area contributed by atoms with Crippen molar-refractivity contribution in [2.75, 3.05) is 38.0 Å². The van der Waals surface area contributed by atoms with Crippen LogP contribution >= 0.6 is 0 Å². The average Bonchev–Trinajstić information content (AvgIpc) is 3.03. The topological polar surface area (TPSA) is 65.8 Å². The number of rotatable bonds is 4. The van der Waals surface area contributed by atoms with Crippen molar-refractivity contribution in [1.82, 2.24) is 9.80 Å². The zero-order valence-corrected chi connectivity index (χ0v) is 14.0. The predicted molar refractivity (Wildman–Crippen MR) is 90.8 cm³/mol. The highest BCUT2D eigenvalue weighted by Gasteiger charge is 2.25. The Morgan fingerprint density at radius 1 is 1.12 bits per heavy atom. The Kier molecular flexibility index (Phi) is 5.14. The molecule has 132 valence electrons. The second-order valence-corrected chi connectivity index (χ2v) is 6.01. The molecule has 1 saturated heterocycles. The molecule has 2 amide bonds. The number of piperazine rings is 1. The molecule has 3 rings (SSSR count). The standard InChI is InChI=1S/C18H20FN3O3/c1-13-16(6-11-25-13)18(24)22-9-7-21(8-10-22)12-17(23)20-15-4-2-14(19)3-5-15/h2-6,11H,7-10,12H2,1H3,(H,20,23). The molecule has 1 aromatic heterocycles. The molecular weight excluding hydrogens is 325 g/mol. The van der Waals surface area contributed by atoms with Crippen molar-refractivity contribution in [1.29, 1.82) is 0 Å². The molecule has 2 heterocycles. The van der Waals surface area contributed by atoms with E-state index in [0.717, 1.165) is 0 Å². The van der Waals surface area contributed by atoms with Crippen LogP contribution < -0.4 is 5.32 Å². The number of carbonyl (C=O) groups excluding carboxylic acids is 2. The van der Waals surface area contributed by atoms with Gasteiger partial charge in [0.15, 0.2) is 0 Å². The number of benzene rings is 1. The molecule has 6 nitrogen and oxygen atoms in total. The highest BCUT2D eigenvalue weighted by Crippen LogP contribution is 2.14. The van der Waals surface area contributed by atoms with Crippen LogP contribution in [-0.2, 0) is 4.79 Å². The fourth-order valence-corrected chi connectivity index (χ4v) is 2.82. The van der Waals surface area contributed by atoms with Crippen LogP contribution in [0, 0.1) is 12.7 Å². The SMILES string of the molecule is Cc1occc1C(=O)N1CCN(CC(=O)Nc2ccc(F)cc2)CC1. The fraction of sp³-hybridized carbons (Fsp3) is 0.333. The van der Waals surface area contributed by atoms with Crippen molar-refractivity contribution in [3.8, 4) is 0 Å². The molecule has 0 aliphatic carbocycles. The molecule has 0 saturated carbocycles. The summed E-state index contributed by atoms with van der Waals surface area (Å²) in [6.45, 7) is 4.38. The zero-order valence-electron chi connectivity index (χ0n) is 14.0. The Labute approximate surface area is 145 Å². The first-order valence-electron chi connectivity index (χ1n) is 8.14. The maximum absolute atomic E-state index is 12.9. The van der Waals surface area contributed by atoms with Crippen molar-refractivity contribution >= 4 is 17.5 Å².